The maximum Gasteiger partial charge on any atom is 0.194 e. The Morgan fingerprint density at radius 3 is 2.09 bits per heavy atom. The summed E-state index contributed by atoms with van der Waals surface area (Å²) in [4.78, 5) is 13.0. The molecule has 0 aliphatic carbocycles. The molecule has 22 heavy (non-hydrogen) atoms. The molecule has 0 bridgehead atoms. The highest BCUT2D eigenvalue weighted by Crippen LogP contribution is 2.30. The van der Waals surface area contributed by atoms with Crippen molar-refractivity contribution in [2.24, 2.45) is 0 Å². The van der Waals surface area contributed by atoms with E-state index in [1.165, 1.54) is 0 Å². The molecule has 0 fully saturated rings. The van der Waals surface area contributed by atoms with Crippen LogP contribution in [-0.4, -0.2) is 11.4 Å². The third kappa shape index (κ3) is 3.18. The summed E-state index contributed by atoms with van der Waals surface area (Å²) in [5.74, 6) is -0.0328. The van der Waals surface area contributed by atoms with E-state index in [1.807, 2.05) is 65.0 Å². The predicted molar refractivity (Wildman–Crippen MR) is 92.9 cm³/mol. The first-order valence-corrected chi connectivity index (χ1v) is 8.83. The van der Waals surface area contributed by atoms with E-state index in [2.05, 4.69) is 0 Å². The summed E-state index contributed by atoms with van der Waals surface area (Å²) in [7, 11) is -1.57. The minimum atomic E-state index is -1.57. The number of rotatable bonds is 4. The quantitative estimate of drug-likeness (QED) is 0.605. The molecule has 2 nitrogen and oxygen atoms in total. The Morgan fingerprint density at radius 1 is 1.00 bits per heavy atom. The second-order valence-electron chi connectivity index (χ2n) is 6.04. The lowest BCUT2D eigenvalue weighted by atomic mass is 9.93. The van der Waals surface area contributed by atoms with Crippen LogP contribution in [0.2, 0.25) is 0 Å². The number of hydrogen-bond donors (Lipinski definition) is 0. The zero-order valence-electron chi connectivity index (χ0n) is 13.8. The van der Waals surface area contributed by atoms with Gasteiger partial charge in [-0.05, 0) is 44.0 Å². The maximum atomic E-state index is 13.0. The van der Waals surface area contributed by atoms with Gasteiger partial charge in [0, 0.05) is 22.1 Å². The summed E-state index contributed by atoms with van der Waals surface area (Å²) >= 11 is 0. The fourth-order valence-electron chi connectivity index (χ4n) is 2.81. The van der Waals surface area contributed by atoms with Crippen LogP contribution in [0.5, 0.6) is 0 Å². The van der Waals surface area contributed by atoms with Gasteiger partial charge >= 0.3 is 0 Å². The van der Waals surface area contributed by atoms with Gasteiger partial charge in [0.25, 0.3) is 0 Å². The van der Waals surface area contributed by atoms with Crippen LogP contribution in [0, 0.1) is 20.8 Å². The first kappa shape index (κ1) is 16.6. The van der Waals surface area contributed by atoms with Crippen molar-refractivity contribution in [2.75, 3.05) is 0 Å². The van der Waals surface area contributed by atoms with Crippen molar-refractivity contribution >= 4 is 18.9 Å². The number of carbonyl (C=O) groups is 1. The Kier molecular flexibility index (Phi) is 4.93. The molecule has 2 aromatic rings. The molecule has 1 radical (unpaired) electrons. The zero-order valence-corrected chi connectivity index (χ0v) is 14.7. The molecule has 0 heterocycles. The van der Waals surface area contributed by atoms with Crippen LogP contribution < -0.4 is 5.30 Å². The smallest absolute Gasteiger partial charge is 0.194 e. The molecule has 0 N–H and O–H groups in total. The van der Waals surface area contributed by atoms with Crippen molar-refractivity contribution in [3.63, 3.8) is 0 Å². The number of ketones is 1. The third-order valence-corrected chi connectivity index (χ3v) is 5.56. The van der Waals surface area contributed by atoms with Gasteiger partial charge in [-0.1, -0.05) is 43.7 Å². The van der Waals surface area contributed by atoms with Crippen molar-refractivity contribution in [3.05, 3.63) is 64.2 Å². The molecule has 115 valence electrons. The van der Waals surface area contributed by atoms with Crippen molar-refractivity contribution in [1.82, 2.24) is 0 Å². The van der Waals surface area contributed by atoms with Crippen LogP contribution in [0.4, 0.5) is 0 Å². The standard InChI is InChI=1S/C19H22O2P/c1-12(2)22(21)17-9-7-6-8-16(17)19(20)18-14(4)10-13(3)11-15(18)5/h6-12H,1-5H3. The van der Waals surface area contributed by atoms with E-state index in [4.69, 9.17) is 0 Å². The number of hydrogen-bond acceptors (Lipinski definition) is 2. The van der Waals surface area contributed by atoms with Gasteiger partial charge in [0.1, 0.15) is 7.80 Å². The highest BCUT2D eigenvalue weighted by molar-refractivity contribution is 7.54. The van der Waals surface area contributed by atoms with Gasteiger partial charge in [-0.25, -0.2) is 0 Å². The van der Waals surface area contributed by atoms with E-state index in [1.54, 1.807) is 6.07 Å². The minimum Gasteiger partial charge on any atom is -0.289 e. The van der Waals surface area contributed by atoms with Crippen molar-refractivity contribution in [2.45, 2.75) is 40.3 Å². The molecule has 3 heteroatoms. The topological polar surface area (TPSA) is 34.1 Å². The van der Waals surface area contributed by atoms with E-state index in [9.17, 15) is 9.36 Å². The van der Waals surface area contributed by atoms with Gasteiger partial charge in [-0.15, -0.1) is 0 Å². The molecule has 1 atom stereocenters. The first-order chi connectivity index (χ1) is 10.3. The second kappa shape index (κ2) is 6.54. The maximum absolute atomic E-state index is 13.0. The van der Waals surface area contributed by atoms with E-state index >= 15 is 0 Å². The summed E-state index contributed by atoms with van der Waals surface area (Å²) in [6.45, 7) is 9.78. The molecule has 0 amide bonds. The molecular formula is C19H22O2P. The van der Waals surface area contributed by atoms with Gasteiger partial charge < -0.3 is 0 Å². The fourth-order valence-corrected chi connectivity index (χ4v) is 4.01. The average Bonchev–Trinajstić information content (AvgIpc) is 2.45. The van der Waals surface area contributed by atoms with Gasteiger partial charge in [0.2, 0.25) is 0 Å². The lowest BCUT2D eigenvalue weighted by Crippen LogP contribution is -2.17. The molecule has 2 rings (SSSR count). The number of aryl methyl sites for hydroxylation is 3. The van der Waals surface area contributed by atoms with Crippen LogP contribution in [0.25, 0.3) is 0 Å². The Morgan fingerprint density at radius 2 is 1.55 bits per heavy atom. The summed E-state index contributed by atoms with van der Waals surface area (Å²) < 4.78 is 12.5. The predicted octanol–water partition coefficient (Wildman–Crippen LogP) is 4.70. The van der Waals surface area contributed by atoms with E-state index in [0.717, 1.165) is 22.3 Å². The minimum absolute atomic E-state index is 0.0177. The molecule has 0 saturated heterocycles. The van der Waals surface area contributed by atoms with E-state index in [-0.39, 0.29) is 11.4 Å². The van der Waals surface area contributed by atoms with Crippen LogP contribution in [0.1, 0.15) is 46.5 Å². The molecule has 1 unspecified atom stereocenters. The molecule has 0 saturated carbocycles. The Hall–Kier alpha value is -1.79. The Bertz CT molecular complexity index is 722. The van der Waals surface area contributed by atoms with E-state index < -0.39 is 7.80 Å². The highest BCUT2D eigenvalue weighted by atomic mass is 31.1. The molecule has 0 aliphatic heterocycles. The van der Waals surface area contributed by atoms with E-state index in [0.29, 0.717) is 10.9 Å². The van der Waals surface area contributed by atoms with Crippen LogP contribution >= 0.6 is 7.80 Å². The van der Waals surface area contributed by atoms with Crippen molar-refractivity contribution in [3.8, 4) is 0 Å². The molecular weight excluding hydrogens is 291 g/mol. The van der Waals surface area contributed by atoms with Crippen LogP contribution in [-0.2, 0) is 4.57 Å². The monoisotopic (exact) mass is 313 g/mol. The zero-order chi connectivity index (χ0) is 16.4. The van der Waals surface area contributed by atoms with Gasteiger partial charge in [-0.2, -0.15) is 0 Å². The fraction of sp³-hybridized carbons (Fsp3) is 0.316. The molecule has 0 spiro atoms. The SMILES string of the molecule is Cc1cc(C)c(C(=O)c2ccccc2[P](=O)C(C)C)c(C)c1. The highest BCUT2D eigenvalue weighted by Gasteiger charge is 2.21. The van der Waals surface area contributed by atoms with Crippen molar-refractivity contribution < 1.29 is 9.36 Å². The summed E-state index contributed by atoms with van der Waals surface area (Å²) in [6.07, 6.45) is 0. The first-order valence-electron chi connectivity index (χ1n) is 7.51. The molecule has 2 aromatic carbocycles. The summed E-state index contributed by atoms with van der Waals surface area (Å²) in [5.41, 5.74) is 4.39. The molecule has 0 aromatic heterocycles. The second-order valence-corrected chi connectivity index (χ2v) is 8.21. The van der Waals surface area contributed by atoms with Gasteiger partial charge in [0.15, 0.2) is 5.78 Å². The number of carbonyl (C=O) groups excluding carboxylic acids is 1. The number of benzene rings is 2. The lowest BCUT2D eigenvalue weighted by Gasteiger charge is -2.14. The van der Waals surface area contributed by atoms with Crippen LogP contribution in [0.15, 0.2) is 36.4 Å². The van der Waals surface area contributed by atoms with Crippen molar-refractivity contribution in [1.29, 1.82) is 0 Å². The Balaban J connectivity index is 2.59. The molecule has 0 aliphatic rings. The lowest BCUT2D eigenvalue weighted by molar-refractivity contribution is 0.103. The van der Waals surface area contributed by atoms with Gasteiger partial charge in [0.05, 0.1) is 0 Å². The third-order valence-electron chi connectivity index (χ3n) is 3.76. The normalized spacial score (nSPS) is 11.6. The average molecular weight is 313 g/mol. The van der Waals surface area contributed by atoms with Gasteiger partial charge in [-0.3, -0.25) is 9.36 Å². The Labute approximate surface area is 133 Å². The van der Waals surface area contributed by atoms with Crippen LogP contribution in [0.3, 0.4) is 0 Å². The summed E-state index contributed by atoms with van der Waals surface area (Å²) in [6, 6.07) is 11.3. The summed E-state index contributed by atoms with van der Waals surface area (Å²) in [5, 5.41) is 0.664. The largest absolute Gasteiger partial charge is 0.289 e.